The fourth-order valence-electron chi connectivity index (χ4n) is 2.30. The van der Waals surface area contributed by atoms with Crippen LogP contribution in [-0.4, -0.2) is 27.8 Å². The number of para-hydroxylation sites is 1. The molecule has 0 N–H and O–H groups in total. The maximum Gasteiger partial charge on any atom is 0.256 e. The molecule has 0 aliphatic carbocycles. The van der Waals surface area contributed by atoms with Crippen molar-refractivity contribution in [3.63, 3.8) is 0 Å². The number of nitrogens with zero attached hydrogens (tertiary/aromatic N) is 3. The van der Waals surface area contributed by atoms with E-state index in [4.69, 9.17) is 0 Å². The van der Waals surface area contributed by atoms with E-state index in [9.17, 15) is 4.79 Å². The van der Waals surface area contributed by atoms with Crippen LogP contribution in [0.2, 0.25) is 0 Å². The minimum absolute atomic E-state index is 0.0510. The van der Waals surface area contributed by atoms with Crippen LogP contribution >= 0.6 is 0 Å². The summed E-state index contributed by atoms with van der Waals surface area (Å²) in [7, 11) is 1.80. The molecule has 0 radical (unpaired) electrons. The first-order valence-corrected chi connectivity index (χ1v) is 6.75. The lowest BCUT2D eigenvalue weighted by atomic mass is 10.1. The van der Waals surface area contributed by atoms with Crippen molar-refractivity contribution in [2.75, 3.05) is 7.05 Å². The molecular formula is C17H15N3O. The molecule has 0 spiro atoms. The molecule has 4 nitrogen and oxygen atoms in total. The van der Waals surface area contributed by atoms with Crippen LogP contribution in [0, 0.1) is 0 Å². The van der Waals surface area contributed by atoms with E-state index in [1.807, 2.05) is 42.5 Å². The second-order valence-electron chi connectivity index (χ2n) is 4.88. The molecule has 21 heavy (non-hydrogen) atoms. The molecule has 0 bridgehead atoms. The zero-order valence-corrected chi connectivity index (χ0v) is 11.7. The zero-order valence-electron chi connectivity index (χ0n) is 11.7. The first kappa shape index (κ1) is 13.2. The van der Waals surface area contributed by atoms with Gasteiger partial charge in [0.15, 0.2) is 0 Å². The maximum absolute atomic E-state index is 12.6. The van der Waals surface area contributed by atoms with Crippen LogP contribution in [0.25, 0.3) is 11.0 Å². The summed E-state index contributed by atoms with van der Waals surface area (Å²) in [4.78, 5) is 22.8. The van der Waals surface area contributed by atoms with E-state index in [0.29, 0.717) is 17.6 Å². The van der Waals surface area contributed by atoms with E-state index in [0.717, 1.165) is 11.1 Å². The van der Waals surface area contributed by atoms with Gasteiger partial charge >= 0.3 is 0 Å². The van der Waals surface area contributed by atoms with Crippen LogP contribution in [0.3, 0.4) is 0 Å². The number of fused-ring (bicyclic) bond motifs is 1. The molecular weight excluding hydrogens is 262 g/mol. The third-order valence-electron chi connectivity index (χ3n) is 3.34. The monoisotopic (exact) mass is 277 g/mol. The molecule has 0 aliphatic rings. The third kappa shape index (κ3) is 2.74. The minimum atomic E-state index is -0.0510. The average Bonchev–Trinajstić information content (AvgIpc) is 2.54. The fourth-order valence-corrected chi connectivity index (χ4v) is 2.30. The Morgan fingerprint density at radius 3 is 2.57 bits per heavy atom. The number of amides is 1. The van der Waals surface area contributed by atoms with Gasteiger partial charge in [-0.15, -0.1) is 0 Å². The molecule has 2 aromatic carbocycles. The van der Waals surface area contributed by atoms with E-state index in [2.05, 4.69) is 9.97 Å². The van der Waals surface area contributed by atoms with Gasteiger partial charge in [0.2, 0.25) is 0 Å². The Kier molecular flexibility index (Phi) is 3.60. The highest BCUT2D eigenvalue weighted by molar-refractivity contribution is 6.04. The van der Waals surface area contributed by atoms with Gasteiger partial charge in [0.05, 0.1) is 11.1 Å². The lowest BCUT2D eigenvalue weighted by molar-refractivity contribution is 0.0787. The molecule has 4 heteroatoms. The predicted octanol–water partition coefficient (Wildman–Crippen LogP) is 2.90. The Bertz CT molecular complexity index is 766. The molecule has 1 aromatic heterocycles. The van der Waals surface area contributed by atoms with Crippen molar-refractivity contribution in [3.8, 4) is 0 Å². The highest BCUT2D eigenvalue weighted by atomic mass is 16.2. The maximum atomic E-state index is 12.6. The second kappa shape index (κ2) is 5.71. The van der Waals surface area contributed by atoms with E-state index in [1.165, 1.54) is 0 Å². The number of hydrogen-bond acceptors (Lipinski definition) is 3. The van der Waals surface area contributed by atoms with Crippen LogP contribution in [0.1, 0.15) is 15.9 Å². The van der Waals surface area contributed by atoms with Gasteiger partial charge in [-0.2, -0.15) is 0 Å². The Balaban J connectivity index is 1.90. The van der Waals surface area contributed by atoms with Crippen molar-refractivity contribution in [2.45, 2.75) is 6.54 Å². The molecule has 3 rings (SSSR count). The molecule has 1 amide bonds. The second-order valence-corrected chi connectivity index (χ2v) is 4.88. The van der Waals surface area contributed by atoms with Crippen molar-refractivity contribution in [1.82, 2.24) is 14.9 Å². The summed E-state index contributed by atoms with van der Waals surface area (Å²) in [6.45, 7) is 0.566. The summed E-state index contributed by atoms with van der Waals surface area (Å²) in [5.41, 5.74) is 3.06. The van der Waals surface area contributed by atoms with E-state index >= 15 is 0 Å². The summed E-state index contributed by atoms with van der Waals surface area (Å²) in [5.74, 6) is -0.0510. The quantitative estimate of drug-likeness (QED) is 0.739. The van der Waals surface area contributed by atoms with Crippen molar-refractivity contribution in [3.05, 3.63) is 72.1 Å². The molecule has 0 saturated heterocycles. The minimum Gasteiger partial charge on any atom is -0.337 e. The van der Waals surface area contributed by atoms with Gasteiger partial charge in [0, 0.05) is 26.0 Å². The van der Waals surface area contributed by atoms with Gasteiger partial charge in [-0.3, -0.25) is 14.8 Å². The first-order chi connectivity index (χ1) is 10.3. The summed E-state index contributed by atoms with van der Waals surface area (Å²) in [6.07, 6.45) is 3.24. The van der Waals surface area contributed by atoms with Crippen LogP contribution in [0.15, 0.2) is 60.9 Å². The highest BCUT2D eigenvalue weighted by Crippen LogP contribution is 2.16. The van der Waals surface area contributed by atoms with Crippen LogP contribution in [0.5, 0.6) is 0 Å². The molecule has 0 saturated carbocycles. The highest BCUT2D eigenvalue weighted by Gasteiger charge is 2.15. The van der Waals surface area contributed by atoms with Crippen LogP contribution < -0.4 is 0 Å². The van der Waals surface area contributed by atoms with Crippen LogP contribution in [0.4, 0.5) is 0 Å². The Labute approximate surface area is 123 Å². The van der Waals surface area contributed by atoms with E-state index < -0.39 is 0 Å². The topological polar surface area (TPSA) is 46.1 Å². The summed E-state index contributed by atoms with van der Waals surface area (Å²) >= 11 is 0. The predicted molar refractivity (Wildman–Crippen MR) is 81.8 cm³/mol. The molecule has 0 fully saturated rings. The van der Waals surface area contributed by atoms with Gasteiger partial charge in [0.25, 0.3) is 5.91 Å². The molecule has 0 atom stereocenters. The van der Waals surface area contributed by atoms with Gasteiger partial charge in [-0.05, 0) is 17.7 Å². The van der Waals surface area contributed by atoms with Gasteiger partial charge < -0.3 is 4.90 Å². The molecule has 3 aromatic rings. The summed E-state index contributed by atoms with van der Waals surface area (Å²) < 4.78 is 0. The van der Waals surface area contributed by atoms with Gasteiger partial charge in [-0.25, -0.2) is 0 Å². The number of aromatic nitrogens is 2. The van der Waals surface area contributed by atoms with Gasteiger partial charge in [0.1, 0.15) is 5.52 Å². The lowest BCUT2D eigenvalue weighted by Crippen LogP contribution is -2.26. The van der Waals surface area contributed by atoms with Crippen molar-refractivity contribution < 1.29 is 4.79 Å². The normalized spacial score (nSPS) is 10.5. The van der Waals surface area contributed by atoms with E-state index in [-0.39, 0.29) is 5.91 Å². The number of hydrogen-bond donors (Lipinski definition) is 0. The first-order valence-electron chi connectivity index (χ1n) is 6.75. The fraction of sp³-hybridized carbons (Fsp3) is 0.118. The van der Waals surface area contributed by atoms with Crippen LogP contribution in [-0.2, 0) is 6.54 Å². The number of benzene rings is 2. The Hall–Kier alpha value is -2.75. The third-order valence-corrected chi connectivity index (χ3v) is 3.34. The average molecular weight is 277 g/mol. The van der Waals surface area contributed by atoms with Crippen molar-refractivity contribution >= 4 is 16.9 Å². The van der Waals surface area contributed by atoms with E-state index in [1.54, 1.807) is 30.4 Å². The zero-order chi connectivity index (χ0) is 14.7. The smallest absolute Gasteiger partial charge is 0.256 e. The number of carbonyl (C=O) groups is 1. The molecule has 0 unspecified atom stereocenters. The molecule has 1 heterocycles. The van der Waals surface area contributed by atoms with Gasteiger partial charge in [-0.1, -0.05) is 36.4 Å². The Morgan fingerprint density at radius 1 is 1.00 bits per heavy atom. The summed E-state index contributed by atoms with van der Waals surface area (Å²) in [5, 5.41) is 0. The SMILES string of the molecule is CN(Cc1ccccc1)C(=O)c1cccc2nccnc12. The van der Waals surface area contributed by atoms with Crippen molar-refractivity contribution in [2.24, 2.45) is 0 Å². The Morgan fingerprint density at radius 2 is 1.76 bits per heavy atom. The van der Waals surface area contributed by atoms with Crippen molar-refractivity contribution in [1.29, 1.82) is 0 Å². The largest absolute Gasteiger partial charge is 0.337 e. The standard InChI is InChI=1S/C17H15N3O/c1-20(12-13-6-3-2-4-7-13)17(21)14-8-5-9-15-16(14)19-11-10-18-15/h2-11H,12H2,1H3. The lowest BCUT2D eigenvalue weighted by Gasteiger charge is -2.18. The summed E-state index contributed by atoms with van der Waals surface area (Å²) in [6, 6.07) is 15.4. The molecule has 0 aliphatic heterocycles. The molecule has 104 valence electrons. The number of rotatable bonds is 3. The number of carbonyl (C=O) groups excluding carboxylic acids is 1.